The molecule has 7 nitrogen and oxygen atoms in total. The van der Waals surface area contributed by atoms with Gasteiger partial charge in [0.1, 0.15) is 5.75 Å². The van der Waals surface area contributed by atoms with Gasteiger partial charge in [-0.1, -0.05) is 66.4 Å². The van der Waals surface area contributed by atoms with Crippen LogP contribution in [0.3, 0.4) is 0 Å². The molecule has 180 valence electrons. The zero-order valence-corrected chi connectivity index (χ0v) is 20.5. The molecule has 4 rings (SSSR count). The average molecular weight is 497 g/mol. The van der Waals surface area contributed by atoms with E-state index < -0.39 is 5.56 Å². The van der Waals surface area contributed by atoms with Gasteiger partial charge in [-0.3, -0.25) is 9.59 Å². The molecule has 0 aliphatic heterocycles. The number of rotatable bonds is 9. The van der Waals surface area contributed by atoms with Crippen LogP contribution in [0.1, 0.15) is 17.5 Å². The fourth-order valence-electron chi connectivity index (χ4n) is 3.61. The third kappa shape index (κ3) is 6.40. The van der Waals surface area contributed by atoms with E-state index in [1.807, 2.05) is 54.6 Å². The van der Waals surface area contributed by atoms with Crippen LogP contribution in [0.4, 0.5) is 11.4 Å². The second-order valence-electron chi connectivity index (χ2n) is 7.93. The number of aromatic nitrogens is 2. The number of ether oxygens (including phenoxy) is 1. The number of aryl methyl sites for hydroxylation is 1. The van der Waals surface area contributed by atoms with Crippen molar-refractivity contribution in [1.29, 1.82) is 0 Å². The van der Waals surface area contributed by atoms with Crippen molar-refractivity contribution in [3.8, 4) is 17.0 Å². The molecule has 1 heterocycles. The second kappa shape index (κ2) is 11.9. The Morgan fingerprint density at radius 2 is 1.83 bits per heavy atom. The summed E-state index contributed by atoms with van der Waals surface area (Å²) in [6.45, 7) is 7.43. The molecular formula is C28H24N4O3S. The molecule has 0 aliphatic carbocycles. The number of carbonyl (C=O) groups is 1. The Balaban J connectivity index is 1.44. The summed E-state index contributed by atoms with van der Waals surface area (Å²) in [6, 6.07) is 24.6. The number of hydrogen-bond donors (Lipinski definition) is 2. The molecule has 0 bridgehead atoms. The number of anilines is 1. The van der Waals surface area contributed by atoms with E-state index in [4.69, 9.17) is 11.3 Å². The molecule has 0 unspecified atom stereocenters. The summed E-state index contributed by atoms with van der Waals surface area (Å²) < 4.78 is 5.27. The summed E-state index contributed by atoms with van der Waals surface area (Å²) >= 11 is 1.35. The minimum absolute atomic E-state index is 0.0488. The molecule has 1 aromatic heterocycles. The minimum Gasteiger partial charge on any atom is -0.497 e. The van der Waals surface area contributed by atoms with Crippen molar-refractivity contribution >= 4 is 29.0 Å². The first-order valence-corrected chi connectivity index (χ1v) is 12.3. The van der Waals surface area contributed by atoms with Crippen molar-refractivity contribution in [3.63, 3.8) is 0 Å². The number of benzene rings is 3. The van der Waals surface area contributed by atoms with Crippen LogP contribution in [0.15, 0.2) is 88.8 Å². The van der Waals surface area contributed by atoms with Gasteiger partial charge in [-0.05, 0) is 47.4 Å². The maximum absolute atomic E-state index is 12.6. The molecule has 4 aromatic rings. The summed E-state index contributed by atoms with van der Waals surface area (Å²) in [7, 11) is 1.56. The molecule has 0 atom stereocenters. The molecule has 0 radical (unpaired) electrons. The normalized spacial score (nSPS) is 10.4. The van der Waals surface area contributed by atoms with Crippen LogP contribution >= 0.6 is 11.8 Å². The lowest BCUT2D eigenvalue weighted by molar-refractivity contribution is -0.116. The Labute approximate surface area is 213 Å². The fourth-order valence-corrected chi connectivity index (χ4v) is 4.41. The molecule has 0 fully saturated rings. The Kier molecular flexibility index (Phi) is 8.16. The maximum atomic E-state index is 12.6. The highest BCUT2D eigenvalue weighted by atomic mass is 32.2. The van der Waals surface area contributed by atoms with Gasteiger partial charge in [0.05, 0.1) is 19.4 Å². The molecule has 0 saturated heterocycles. The monoisotopic (exact) mass is 496 g/mol. The topological polar surface area (TPSA) is 88.4 Å². The van der Waals surface area contributed by atoms with Crippen molar-refractivity contribution in [1.82, 2.24) is 9.97 Å². The van der Waals surface area contributed by atoms with Crippen molar-refractivity contribution in [2.75, 3.05) is 12.4 Å². The van der Waals surface area contributed by atoms with Gasteiger partial charge >= 0.3 is 0 Å². The van der Waals surface area contributed by atoms with E-state index in [2.05, 4.69) is 20.1 Å². The number of methoxy groups -OCH3 is 1. The molecule has 36 heavy (non-hydrogen) atoms. The Hall–Kier alpha value is -4.35. The summed E-state index contributed by atoms with van der Waals surface area (Å²) in [5.74, 6) is 1.08. The molecule has 8 heteroatoms. The minimum atomic E-state index is -0.486. The van der Waals surface area contributed by atoms with E-state index in [0.29, 0.717) is 46.4 Å². The molecular weight excluding hydrogens is 472 g/mol. The number of H-pyrrole nitrogens is 1. The predicted octanol–water partition coefficient (Wildman–Crippen LogP) is 5.86. The standard InChI is InChI=1S/C28H24N4O3S/c1-29-26-25(21-11-7-13-23(17-21)35-2)31-28(32-27(26)34)36-18-20-10-6-12-22(16-20)30-24(33)15-14-19-8-4-3-5-9-19/h3-13,16-17H,14-15,18H2,2H3,(H,30,33)(H,31,32,34). The Bertz CT molecular complexity index is 1460. The lowest BCUT2D eigenvalue weighted by atomic mass is 10.1. The van der Waals surface area contributed by atoms with Crippen molar-refractivity contribution < 1.29 is 9.53 Å². The summed E-state index contributed by atoms with van der Waals surface area (Å²) in [5, 5.41) is 3.35. The summed E-state index contributed by atoms with van der Waals surface area (Å²) in [4.78, 5) is 35.6. The third-order valence-electron chi connectivity index (χ3n) is 5.40. The van der Waals surface area contributed by atoms with Crippen LogP contribution in [0, 0.1) is 6.57 Å². The van der Waals surface area contributed by atoms with Gasteiger partial charge in [0, 0.05) is 17.9 Å². The van der Waals surface area contributed by atoms with Crippen LogP contribution in [0.2, 0.25) is 0 Å². The Morgan fingerprint density at radius 3 is 2.61 bits per heavy atom. The van der Waals surface area contributed by atoms with Crippen molar-refractivity contribution in [2.24, 2.45) is 0 Å². The van der Waals surface area contributed by atoms with Crippen LogP contribution in [-0.4, -0.2) is 23.0 Å². The molecule has 0 saturated carbocycles. The highest BCUT2D eigenvalue weighted by Gasteiger charge is 2.15. The van der Waals surface area contributed by atoms with E-state index in [9.17, 15) is 9.59 Å². The number of amides is 1. The second-order valence-corrected chi connectivity index (χ2v) is 8.90. The predicted molar refractivity (Wildman–Crippen MR) is 143 cm³/mol. The van der Waals surface area contributed by atoms with Gasteiger partial charge in [0.15, 0.2) is 5.16 Å². The van der Waals surface area contributed by atoms with Crippen LogP contribution < -0.4 is 15.6 Å². The average Bonchev–Trinajstić information content (AvgIpc) is 2.91. The maximum Gasteiger partial charge on any atom is 0.276 e. The number of thioether (sulfide) groups is 1. The first kappa shape index (κ1) is 24.8. The van der Waals surface area contributed by atoms with Crippen LogP contribution in [-0.2, 0) is 17.0 Å². The zero-order valence-electron chi connectivity index (χ0n) is 19.7. The first-order chi connectivity index (χ1) is 17.6. The number of hydrogen-bond acceptors (Lipinski definition) is 5. The van der Waals surface area contributed by atoms with E-state index in [1.54, 1.807) is 31.4 Å². The molecule has 0 aliphatic rings. The van der Waals surface area contributed by atoms with Gasteiger partial charge in [-0.2, -0.15) is 0 Å². The van der Waals surface area contributed by atoms with E-state index in [-0.39, 0.29) is 11.6 Å². The SMILES string of the molecule is [C-]#[N+]c1c(-c2cccc(OC)c2)nc(SCc2cccc(NC(=O)CCc3ccccc3)c2)[nH]c1=O. The first-order valence-electron chi connectivity index (χ1n) is 11.3. The quantitative estimate of drug-likeness (QED) is 0.172. The van der Waals surface area contributed by atoms with E-state index in [1.165, 1.54) is 11.8 Å². The third-order valence-corrected chi connectivity index (χ3v) is 6.34. The van der Waals surface area contributed by atoms with Crippen molar-refractivity contribution in [2.45, 2.75) is 23.8 Å². The number of nitrogens with one attached hydrogen (secondary N) is 2. The highest BCUT2D eigenvalue weighted by molar-refractivity contribution is 7.98. The van der Waals surface area contributed by atoms with Crippen LogP contribution in [0.25, 0.3) is 16.1 Å². The van der Waals surface area contributed by atoms with Crippen LogP contribution in [0.5, 0.6) is 5.75 Å². The van der Waals surface area contributed by atoms with E-state index >= 15 is 0 Å². The van der Waals surface area contributed by atoms with Gasteiger partial charge in [0.2, 0.25) is 5.91 Å². The zero-order chi connectivity index (χ0) is 25.3. The highest BCUT2D eigenvalue weighted by Crippen LogP contribution is 2.30. The van der Waals surface area contributed by atoms with Gasteiger partial charge in [0.25, 0.3) is 11.2 Å². The fraction of sp³-hybridized carbons (Fsp3) is 0.143. The number of nitrogens with zero attached hydrogens (tertiary/aromatic N) is 2. The number of carbonyl (C=O) groups excluding carboxylic acids is 1. The van der Waals surface area contributed by atoms with Gasteiger partial charge in [-0.25, -0.2) is 9.83 Å². The van der Waals surface area contributed by atoms with Crippen molar-refractivity contribution in [3.05, 3.63) is 112 Å². The Morgan fingerprint density at radius 1 is 1.06 bits per heavy atom. The number of aromatic amines is 1. The van der Waals surface area contributed by atoms with Gasteiger partial charge < -0.3 is 15.0 Å². The molecule has 3 aromatic carbocycles. The lowest BCUT2D eigenvalue weighted by Gasteiger charge is -2.09. The summed E-state index contributed by atoms with van der Waals surface area (Å²) in [5.41, 5.74) is 3.20. The molecule has 1 amide bonds. The largest absolute Gasteiger partial charge is 0.497 e. The molecule has 2 N–H and O–H groups in total. The summed E-state index contributed by atoms with van der Waals surface area (Å²) in [6.07, 6.45) is 1.08. The van der Waals surface area contributed by atoms with E-state index in [0.717, 1.165) is 11.1 Å². The molecule has 0 spiro atoms. The van der Waals surface area contributed by atoms with Gasteiger partial charge in [-0.15, -0.1) is 0 Å². The lowest BCUT2D eigenvalue weighted by Crippen LogP contribution is -2.12. The smallest absolute Gasteiger partial charge is 0.276 e.